The zero-order valence-electron chi connectivity index (χ0n) is 7.68. The Balaban J connectivity index is 2.48. The highest BCUT2D eigenvalue weighted by atomic mass is 16.5. The van der Waals surface area contributed by atoms with Gasteiger partial charge in [0.15, 0.2) is 0 Å². The summed E-state index contributed by atoms with van der Waals surface area (Å²) in [6.45, 7) is 12.0. The molecule has 0 aromatic carbocycles. The molecule has 4 unspecified atom stereocenters. The molecule has 0 saturated carbocycles. The van der Waals surface area contributed by atoms with E-state index in [9.17, 15) is 4.79 Å². The van der Waals surface area contributed by atoms with E-state index in [-0.39, 0.29) is 30.5 Å². The lowest BCUT2D eigenvalue weighted by Gasteiger charge is -2.21. The van der Waals surface area contributed by atoms with E-state index < -0.39 is 0 Å². The first-order valence-electron chi connectivity index (χ1n) is 4.30. The van der Waals surface area contributed by atoms with Gasteiger partial charge >= 0.3 is 0 Å². The van der Waals surface area contributed by atoms with Crippen LogP contribution in [-0.2, 0) is 14.3 Å². The van der Waals surface area contributed by atoms with Crippen molar-refractivity contribution >= 4 is 6.29 Å². The zero-order valence-corrected chi connectivity index (χ0v) is 7.68. The fourth-order valence-electron chi connectivity index (χ4n) is 1.52. The zero-order chi connectivity index (χ0) is 9.84. The summed E-state index contributed by atoms with van der Waals surface area (Å²) in [5, 5.41) is 0. The predicted molar refractivity (Wildman–Crippen MR) is 46.8 cm³/mol. The van der Waals surface area contributed by atoms with Gasteiger partial charge in [-0.25, -0.2) is 0 Å². The van der Waals surface area contributed by atoms with Gasteiger partial charge in [-0.2, -0.15) is 0 Å². The lowest BCUT2D eigenvalue weighted by molar-refractivity contribution is -0.109. The second-order valence-corrected chi connectivity index (χ2v) is 3.22. The van der Waals surface area contributed by atoms with Gasteiger partial charge in [-0.15, -0.1) is 0 Å². The molecular weight excluding hydrogens is 168 g/mol. The summed E-state index contributed by atoms with van der Waals surface area (Å²) in [6.07, 6.45) is 0.674. The minimum atomic E-state index is -0.326. The van der Waals surface area contributed by atoms with Crippen LogP contribution in [0.4, 0.5) is 0 Å². The molecule has 1 aliphatic rings. The molecular formula is C10H14O3. The van der Waals surface area contributed by atoms with Crippen molar-refractivity contribution in [1.82, 2.24) is 0 Å². The first-order valence-corrected chi connectivity index (χ1v) is 4.30. The summed E-state index contributed by atoms with van der Waals surface area (Å²) in [5.74, 6) is -0.562. The van der Waals surface area contributed by atoms with Gasteiger partial charge in [0, 0.05) is 19.4 Å². The van der Waals surface area contributed by atoms with E-state index in [1.807, 2.05) is 0 Å². The van der Waals surface area contributed by atoms with E-state index >= 15 is 0 Å². The maximum atomic E-state index is 10.2. The van der Waals surface area contributed by atoms with Crippen LogP contribution in [0.2, 0.25) is 0 Å². The van der Waals surface area contributed by atoms with Crippen LogP contribution in [0.15, 0.2) is 0 Å². The molecule has 1 heterocycles. The van der Waals surface area contributed by atoms with E-state index in [4.69, 9.17) is 23.3 Å². The third kappa shape index (κ3) is 2.29. The number of ether oxygens (including phenoxy) is 2. The molecule has 13 heavy (non-hydrogen) atoms. The van der Waals surface area contributed by atoms with Gasteiger partial charge in [0.25, 0.3) is 0 Å². The van der Waals surface area contributed by atoms with Crippen LogP contribution >= 0.6 is 0 Å². The average molecular weight is 182 g/mol. The van der Waals surface area contributed by atoms with Crippen LogP contribution in [0, 0.1) is 25.7 Å². The molecule has 0 aromatic heterocycles. The molecule has 0 bridgehead atoms. The standard InChI is InChI=1S/C10H14O3/c1-7(4-5-11)10-8(2)9(12-3)6-13-10/h1-2,5,7-10H,4,6H2,3H3. The topological polar surface area (TPSA) is 35.5 Å². The highest BCUT2D eigenvalue weighted by Gasteiger charge is 2.37. The number of carbonyl (C=O) groups is 1. The van der Waals surface area contributed by atoms with Crippen molar-refractivity contribution in [3.63, 3.8) is 0 Å². The molecule has 0 amide bonds. The van der Waals surface area contributed by atoms with Gasteiger partial charge in [0.2, 0.25) is 0 Å². The number of methoxy groups -OCH3 is 1. The number of aldehydes is 1. The molecule has 4 atom stereocenters. The van der Waals surface area contributed by atoms with Gasteiger partial charge < -0.3 is 14.3 Å². The molecule has 4 radical (unpaired) electrons. The highest BCUT2D eigenvalue weighted by Crippen LogP contribution is 2.28. The lowest BCUT2D eigenvalue weighted by Crippen LogP contribution is -2.28. The Morgan fingerprint density at radius 3 is 2.92 bits per heavy atom. The molecule has 72 valence electrons. The van der Waals surface area contributed by atoms with Gasteiger partial charge in [-0.1, -0.05) is 0 Å². The predicted octanol–water partition coefficient (Wildman–Crippen LogP) is 0.644. The maximum absolute atomic E-state index is 10.2. The fraction of sp³-hybridized carbons (Fsp3) is 0.700. The van der Waals surface area contributed by atoms with Crippen molar-refractivity contribution in [3.8, 4) is 0 Å². The van der Waals surface area contributed by atoms with Crippen LogP contribution in [-0.4, -0.2) is 32.2 Å². The monoisotopic (exact) mass is 182 g/mol. The Morgan fingerprint density at radius 1 is 1.77 bits per heavy atom. The molecule has 0 N–H and O–H groups in total. The van der Waals surface area contributed by atoms with Crippen LogP contribution in [0.5, 0.6) is 0 Å². The van der Waals surface area contributed by atoms with Crippen molar-refractivity contribution in [2.75, 3.05) is 13.7 Å². The second kappa shape index (κ2) is 4.72. The van der Waals surface area contributed by atoms with E-state index in [2.05, 4.69) is 0 Å². The van der Waals surface area contributed by atoms with Crippen molar-refractivity contribution in [1.29, 1.82) is 0 Å². The molecule has 1 aliphatic heterocycles. The summed E-state index contributed by atoms with van der Waals surface area (Å²) in [4.78, 5) is 10.2. The first-order chi connectivity index (χ1) is 6.20. The molecule has 0 spiro atoms. The third-order valence-corrected chi connectivity index (χ3v) is 2.35. The molecule has 3 heteroatoms. The Labute approximate surface area is 79.4 Å². The Bertz CT molecular complexity index is 170. The minimum absolute atomic E-state index is 0.109. The summed E-state index contributed by atoms with van der Waals surface area (Å²) in [7, 11) is 1.58. The Kier molecular flexibility index (Phi) is 3.88. The number of rotatable bonds is 4. The van der Waals surface area contributed by atoms with Gasteiger partial charge in [-0.3, -0.25) is 0 Å². The Morgan fingerprint density at radius 2 is 2.46 bits per heavy atom. The summed E-state index contributed by atoms with van der Waals surface area (Å²) >= 11 is 0. The normalized spacial score (nSPS) is 36.1. The molecule has 1 saturated heterocycles. The Hall–Kier alpha value is -0.410. The SMILES string of the molecule is [CH]C(CC=O)C1OCC(OC)C1[CH]. The van der Waals surface area contributed by atoms with E-state index in [1.54, 1.807) is 7.11 Å². The maximum Gasteiger partial charge on any atom is 0.120 e. The van der Waals surface area contributed by atoms with Crippen LogP contribution in [0.25, 0.3) is 0 Å². The van der Waals surface area contributed by atoms with Gasteiger partial charge in [-0.05, 0) is 19.8 Å². The molecule has 3 nitrogen and oxygen atoms in total. The van der Waals surface area contributed by atoms with Crippen molar-refractivity contribution in [3.05, 3.63) is 13.8 Å². The van der Waals surface area contributed by atoms with E-state index in [0.717, 1.165) is 6.29 Å². The van der Waals surface area contributed by atoms with Crippen LogP contribution < -0.4 is 0 Å². The van der Waals surface area contributed by atoms with Gasteiger partial charge in [0.1, 0.15) is 6.29 Å². The summed E-state index contributed by atoms with van der Waals surface area (Å²) < 4.78 is 10.4. The molecule has 1 rings (SSSR count). The number of hydrogen-bond acceptors (Lipinski definition) is 3. The van der Waals surface area contributed by atoms with Crippen LogP contribution in [0.3, 0.4) is 0 Å². The van der Waals surface area contributed by atoms with Crippen molar-refractivity contribution < 1.29 is 14.3 Å². The number of hydrogen-bond donors (Lipinski definition) is 0. The quantitative estimate of drug-likeness (QED) is 0.599. The lowest BCUT2D eigenvalue weighted by atomic mass is 9.90. The average Bonchev–Trinajstić information content (AvgIpc) is 2.47. The highest BCUT2D eigenvalue weighted by molar-refractivity contribution is 5.50. The van der Waals surface area contributed by atoms with Crippen LogP contribution in [0.1, 0.15) is 6.42 Å². The fourth-order valence-corrected chi connectivity index (χ4v) is 1.52. The van der Waals surface area contributed by atoms with Gasteiger partial charge in [0.05, 0.1) is 18.8 Å². The summed E-state index contributed by atoms with van der Waals surface area (Å²) in [5.41, 5.74) is 0. The third-order valence-electron chi connectivity index (χ3n) is 2.35. The molecule has 0 aromatic rings. The first kappa shape index (κ1) is 10.7. The molecule has 0 aliphatic carbocycles. The van der Waals surface area contributed by atoms with E-state index in [1.165, 1.54) is 0 Å². The smallest absolute Gasteiger partial charge is 0.120 e. The van der Waals surface area contributed by atoms with Crippen molar-refractivity contribution in [2.24, 2.45) is 11.8 Å². The number of carbonyl (C=O) groups excluding carboxylic acids is 1. The second-order valence-electron chi connectivity index (χ2n) is 3.22. The summed E-state index contributed by atoms with van der Waals surface area (Å²) in [6, 6.07) is 0. The molecule has 1 fully saturated rings. The minimum Gasteiger partial charge on any atom is -0.379 e. The van der Waals surface area contributed by atoms with E-state index in [0.29, 0.717) is 6.61 Å². The largest absolute Gasteiger partial charge is 0.379 e. The van der Waals surface area contributed by atoms with Crippen molar-refractivity contribution in [2.45, 2.75) is 18.6 Å².